The van der Waals surface area contributed by atoms with Crippen molar-refractivity contribution in [2.24, 2.45) is 5.92 Å². The summed E-state index contributed by atoms with van der Waals surface area (Å²) < 4.78 is 0. The lowest BCUT2D eigenvalue weighted by molar-refractivity contribution is -0.121. The van der Waals surface area contributed by atoms with E-state index in [2.05, 4.69) is 4.98 Å². The molecule has 0 spiro atoms. The molecule has 1 atom stereocenters. The molecule has 2 aromatic rings. The van der Waals surface area contributed by atoms with Crippen LogP contribution in [0.1, 0.15) is 57.4 Å². The first kappa shape index (κ1) is 19.2. The summed E-state index contributed by atoms with van der Waals surface area (Å²) in [6.45, 7) is 4.01. The van der Waals surface area contributed by atoms with Crippen LogP contribution in [0.5, 0.6) is 11.5 Å². The van der Waals surface area contributed by atoms with E-state index in [4.69, 9.17) is 0 Å². The van der Waals surface area contributed by atoms with Crippen LogP contribution in [0.25, 0.3) is 0 Å². The third-order valence-corrected chi connectivity index (χ3v) is 5.36. The molecule has 1 amide bonds. The number of anilines is 1. The highest BCUT2D eigenvalue weighted by molar-refractivity contribution is 5.98. The Kier molecular flexibility index (Phi) is 5.99. The molecule has 1 aromatic carbocycles. The quantitative estimate of drug-likeness (QED) is 0.757. The van der Waals surface area contributed by atoms with Crippen molar-refractivity contribution in [2.75, 3.05) is 4.90 Å². The van der Waals surface area contributed by atoms with Crippen LogP contribution in [-0.2, 0) is 4.79 Å². The SMILES string of the molecule is CC(C)C(C(=O)N(c1ccccn1)C1CCCCC1)c1ccc(O)c(O)c1. The van der Waals surface area contributed by atoms with Crippen molar-refractivity contribution in [1.82, 2.24) is 4.98 Å². The van der Waals surface area contributed by atoms with Gasteiger partial charge in [-0.2, -0.15) is 0 Å². The van der Waals surface area contributed by atoms with Crippen molar-refractivity contribution < 1.29 is 15.0 Å². The smallest absolute Gasteiger partial charge is 0.236 e. The van der Waals surface area contributed by atoms with Crippen LogP contribution < -0.4 is 4.90 Å². The zero-order valence-electron chi connectivity index (χ0n) is 16.0. The van der Waals surface area contributed by atoms with Gasteiger partial charge >= 0.3 is 0 Å². The van der Waals surface area contributed by atoms with Crippen LogP contribution in [0.2, 0.25) is 0 Å². The molecule has 144 valence electrons. The van der Waals surface area contributed by atoms with E-state index in [-0.39, 0.29) is 29.4 Å². The molecule has 0 aliphatic heterocycles. The Bertz CT molecular complexity index is 770. The molecule has 0 saturated heterocycles. The van der Waals surface area contributed by atoms with E-state index in [0.29, 0.717) is 11.4 Å². The summed E-state index contributed by atoms with van der Waals surface area (Å²) in [4.78, 5) is 20.0. The van der Waals surface area contributed by atoms with Gasteiger partial charge in [-0.3, -0.25) is 9.69 Å². The van der Waals surface area contributed by atoms with Gasteiger partial charge in [0.1, 0.15) is 5.82 Å². The van der Waals surface area contributed by atoms with E-state index in [1.54, 1.807) is 12.3 Å². The van der Waals surface area contributed by atoms with E-state index < -0.39 is 5.92 Å². The molecule has 27 heavy (non-hydrogen) atoms. The number of phenols is 2. The number of rotatable bonds is 5. The third kappa shape index (κ3) is 4.24. The van der Waals surface area contributed by atoms with Crippen LogP contribution >= 0.6 is 0 Å². The lowest BCUT2D eigenvalue weighted by Gasteiger charge is -2.37. The highest BCUT2D eigenvalue weighted by atomic mass is 16.3. The average Bonchev–Trinajstić information content (AvgIpc) is 2.66. The van der Waals surface area contributed by atoms with Gasteiger partial charge in [-0.05, 0) is 48.6 Å². The number of hydrogen-bond donors (Lipinski definition) is 2. The third-order valence-electron chi connectivity index (χ3n) is 5.36. The van der Waals surface area contributed by atoms with E-state index in [1.165, 1.54) is 18.6 Å². The van der Waals surface area contributed by atoms with Gasteiger partial charge in [0.15, 0.2) is 11.5 Å². The van der Waals surface area contributed by atoms with Crippen LogP contribution in [0, 0.1) is 5.92 Å². The molecule has 2 N–H and O–H groups in total. The van der Waals surface area contributed by atoms with Crippen molar-refractivity contribution >= 4 is 11.7 Å². The second-order valence-corrected chi connectivity index (χ2v) is 7.66. The van der Waals surface area contributed by atoms with Crippen LogP contribution in [0.4, 0.5) is 5.82 Å². The van der Waals surface area contributed by atoms with Gasteiger partial charge in [0, 0.05) is 12.2 Å². The minimum Gasteiger partial charge on any atom is -0.504 e. The largest absolute Gasteiger partial charge is 0.504 e. The second kappa shape index (κ2) is 8.42. The molecule has 5 heteroatoms. The molecule has 1 fully saturated rings. The summed E-state index contributed by atoms with van der Waals surface area (Å²) in [6.07, 6.45) is 7.12. The topological polar surface area (TPSA) is 73.7 Å². The van der Waals surface area contributed by atoms with E-state index in [1.807, 2.05) is 36.9 Å². The van der Waals surface area contributed by atoms with Crippen molar-refractivity contribution in [1.29, 1.82) is 0 Å². The molecule has 1 unspecified atom stereocenters. The molecule has 1 heterocycles. The summed E-state index contributed by atoms with van der Waals surface area (Å²) in [5.41, 5.74) is 0.710. The Balaban J connectivity index is 2.00. The zero-order chi connectivity index (χ0) is 19.4. The van der Waals surface area contributed by atoms with Crippen LogP contribution in [0.15, 0.2) is 42.6 Å². The minimum atomic E-state index is -0.416. The number of amides is 1. The van der Waals surface area contributed by atoms with Gasteiger partial charge < -0.3 is 10.2 Å². The Hall–Kier alpha value is -2.56. The van der Waals surface area contributed by atoms with Crippen molar-refractivity contribution in [3.63, 3.8) is 0 Å². The molecule has 1 aliphatic rings. The fourth-order valence-corrected chi connectivity index (χ4v) is 4.01. The first-order chi connectivity index (χ1) is 13.0. The van der Waals surface area contributed by atoms with E-state index in [9.17, 15) is 15.0 Å². The number of nitrogens with zero attached hydrogens (tertiary/aromatic N) is 2. The number of carbonyl (C=O) groups is 1. The standard InChI is InChI=1S/C22H28N2O3/c1-15(2)21(16-11-12-18(25)19(26)14-16)22(27)24(17-8-4-3-5-9-17)20-10-6-7-13-23-20/h6-7,10-15,17,21,25-26H,3-5,8-9H2,1-2H3. The maximum absolute atomic E-state index is 13.7. The van der Waals surface area contributed by atoms with Gasteiger partial charge in [0.05, 0.1) is 5.92 Å². The maximum Gasteiger partial charge on any atom is 0.236 e. The maximum atomic E-state index is 13.7. The summed E-state index contributed by atoms with van der Waals surface area (Å²) in [6, 6.07) is 10.4. The fourth-order valence-electron chi connectivity index (χ4n) is 4.01. The molecular formula is C22H28N2O3. The molecule has 1 aromatic heterocycles. The number of pyridine rings is 1. The normalized spacial score (nSPS) is 16.3. The molecule has 1 aliphatic carbocycles. The first-order valence-electron chi connectivity index (χ1n) is 9.75. The monoisotopic (exact) mass is 368 g/mol. The number of hydrogen-bond acceptors (Lipinski definition) is 4. The van der Waals surface area contributed by atoms with Gasteiger partial charge in [-0.25, -0.2) is 4.98 Å². The number of aromatic nitrogens is 1. The number of benzene rings is 1. The number of aromatic hydroxyl groups is 2. The number of carbonyl (C=O) groups excluding carboxylic acids is 1. The highest BCUT2D eigenvalue weighted by Crippen LogP contribution is 2.36. The predicted molar refractivity (Wildman–Crippen MR) is 106 cm³/mol. The van der Waals surface area contributed by atoms with E-state index in [0.717, 1.165) is 25.7 Å². The van der Waals surface area contributed by atoms with Crippen molar-refractivity contribution in [3.8, 4) is 11.5 Å². The van der Waals surface area contributed by atoms with Gasteiger partial charge in [-0.1, -0.05) is 45.2 Å². The summed E-state index contributed by atoms with van der Waals surface area (Å²) in [7, 11) is 0. The first-order valence-corrected chi connectivity index (χ1v) is 9.75. The van der Waals surface area contributed by atoms with Gasteiger partial charge in [0.25, 0.3) is 0 Å². The molecule has 0 radical (unpaired) electrons. The number of phenolic OH excluding ortho intramolecular Hbond substituents is 2. The van der Waals surface area contributed by atoms with Crippen LogP contribution in [0.3, 0.4) is 0 Å². The summed E-state index contributed by atoms with van der Waals surface area (Å²) in [5, 5.41) is 19.6. The molecule has 3 rings (SSSR count). The molecule has 0 bridgehead atoms. The highest BCUT2D eigenvalue weighted by Gasteiger charge is 2.35. The van der Waals surface area contributed by atoms with Crippen molar-refractivity contribution in [3.05, 3.63) is 48.2 Å². The molecular weight excluding hydrogens is 340 g/mol. The van der Waals surface area contributed by atoms with Gasteiger partial charge in [-0.15, -0.1) is 0 Å². The zero-order valence-corrected chi connectivity index (χ0v) is 16.0. The van der Waals surface area contributed by atoms with Crippen LogP contribution in [-0.4, -0.2) is 27.1 Å². The average molecular weight is 368 g/mol. The summed E-state index contributed by atoms with van der Waals surface area (Å²) >= 11 is 0. The van der Waals surface area contributed by atoms with Crippen molar-refractivity contribution in [2.45, 2.75) is 57.9 Å². The van der Waals surface area contributed by atoms with E-state index >= 15 is 0 Å². The lowest BCUT2D eigenvalue weighted by Crippen LogP contribution is -2.45. The Morgan fingerprint density at radius 2 is 1.81 bits per heavy atom. The molecule has 5 nitrogen and oxygen atoms in total. The lowest BCUT2D eigenvalue weighted by atomic mass is 9.85. The Morgan fingerprint density at radius 3 is 2.41 bits per heavy atom. The minimum absolute atomic E-state index is 0.000639. The summed E-state index contributed by atoms with van der Waals surface area (Å²) in [5.74, 6) is -0.0732. The second-order valence-electron chi connectivity index (χ2n) is 7.66. The molecule has 1 saturated carbocycles. The van der Waals surface area contributed by atoms with Gasteiger partial charge in [0.2, 0.25) is 5.91 Å². The Labute approximate surface area is 160 Å². The fraction of sp³-hybridized carbons (Fsp3) is 0.455. The Morgan fingerprint density at radius 1 is 1.07 bits per heavy atom. The predicted octanol–water partition coefficient (Wildman–Crippen LogP) is 4.60.